The van der Waals surface area contributed by atoms with Gasteiger partial charge in [-0.25, -0.2) is 0 Å². The van der Waals surface area contributed by atoms with Gasteiger partial charge in [-0.1, -0.05) is 6.07 Å². The second kappa shape index (κ2) is 5.19. The minimum Gasteiger partial charge on any atom is -0.496 e. The molecular formula is C13H17NO3. The van der Waals surface area contributed by atoms with E-state index in [4.69, 9.17) is 9.47 Å². The van der Waals surface area contributed by atoms with Crippen LogP contribution in [0.3, 0.4) is 0 Å². The lowest BCUT2D eigenvalue weighted by atomic mass is 10.0. The second-order valence-corrected chi connectivity index (χ2v) is 4.05. The van der Waals surface area contributed by atoms with Crippen molar-refractivity contribution in [1.29, 1.82) is 0 Å². The molecule has 1 aliphatic heterocycles. The van der Waals surface area contributed by atoms with Crippen LogP contribution < -0.4 is 14.8 Å². The fourth-order valence-corrected chi connectivity index (χ4v) is 2.18. The Kier molecular flexibility index (Phi) is 3.64. The van der Waals surface area contributed by atoms with Gasteiger partial charge in [0.05, 0.1) is 20.3 Å². The largest absolute Gasteiger partial charge is 0.496 e. The SMILES string of the molecule is COc1cccc(OC)c1C(=O)C1CCCN1. The molecule has 1 heterocycles. The number of hydrogen-bond donors (Lipinski definition) is 1. The first-order valence-corrected chi connectivity index (χ1v) is 5.76. The van der Waals surface area contributed by atoms with Gasteiger partial charge >= 0.3 is 0 Å². The summed E-state index contributed by atoms with van der Waals surface area (Å²) in [5.41, 5.74) is 0.539. The first-order valence-electron chi connectivity index (χ1n) is 5.76. The number of ether oxygens (including phenoxy) is 2. The molecule has 2 rings (SSSR count). The van der Waals surface area contributed by atoms with Crippen LogP contribution in [-0.4, -0.2) is 32.6 Å². The number of ketones is 1. The van der Waals surface area contributed by atoms with Crippen molar-refractivity contribution in [2.24, 2.45) is 0 Å². The van der Waals surface area contributed by atoms with Gasteiger partial charge in [0.25, 0.3) is 0 Å². The Morgan fingerprint density at radius 2 is 1.94 bits per heavy atom. The van der Waals surface area contributed by atoms with Crippen LogP contribution in [-0.2, 0) is 0 Å². The molecule has 4 heteroatoms. The van der Waals surface area contributed by atoms with Gasteiger partial charge < -0.3 is 14.8 Å². The van der Waals surface area contributed by atoms with Crippen LogP contribution in [0.25, 0.3) is 0 Å². The molecule has 1 atom stereocenters. The minimum atomic E-state index is -0.111. The number of nitrogens with one attached hydrogen (secondary N) is 1. The number of rotatable bonds is 4. The second-order valence-electron chi connectivity index (χ2n) is 4.05. The van der Waals surface area contributed by atoms with Crippen LogP contribution in [0.2, 0.25) is 0 Å². The topological polar surface area (TPSA) is 47.6 Å². The van der Waals surface area contributed by atoms with Crippen molar-refractivity contribution < 1.29 is 14.3 Å². The van der Waals surface area contributed by atoms with Gasteiger partial charge in [0.1, 0.15) is 17.1 Å². The van der Waals surface area contributed by atoms with Gasteiger partial charge in [0.2, 0.25) is 0 Å². The molecule has 0 aliphatic carbocycles. The maximum Gasteiger partial charge on any atom is 0.187 e. The van der Waals surface area contributed by atoms with Gasteiger partial charge in [-0.2, -0.15) is 0 Å². The summed E-state index contributed by atoms with van der Waals surface area (Å²) in [5.74, 6) is 1.20. The van der Waals surface area contributed by atoms with Gasteiger partial charge in [-0.3, -0.25) is 4.79 Å². The number of methoxy groups -OCH3 is 2. The van der Waals surface area contributed by atoms with Gasteiger partial charge in [-0.05, 0) is 31.5 Å². The molecule has 1 aromatic carbocycles. The lowest BCUT2D eigenvalue weighted by molar-refractivity contribution is 0.0946. The Hall–Kier alpha value is -1.55. The lowest BCUT2D eigenvalue weighted by Gasteiger charge is -2.15. The van der Waals surface area contributed by atoms with Crippen molar-refractivity contribution in [1.82, 2.24) is 5.32 Å². The Bertz CT molecular complexity index is 389. The van der Waals surface area contributed by atoms with E-state index in [-0.39, 0.29) is 11.8 Å². The lowest BCUT2D eigenvalue weighted by Crippen LogP contribution is -2.31. The van der Waals surface area contributed by atoms with E-state index in [9.17, 15) is 4.79 Å². The zero-order valence-corrected chi connectivity index (χ0v) is 10.2. The normalized spacial score (nSPS) is 19.1. The average Bonchev–Trinajstić information content (AvgIpc) is 2.90. The van der Waals surface area contributed by atoms with E-state index in [0.717, 1.165) is 19.4 Å². The molecular weight excluding hydrogens is 218 g/mol. The molecule has 0 amide bonds. The third-order valence-corrected chi connectivity index (χ3v) is 3.05. The fraction of sp³-hybridized carbons (Fsp3) is 0.462. The van der Waals surface area contributed by atoms with Crippen molar-refractivity contribution in [3.8, 4) is 11.5 Å². The molecule has 1 unspecified atom stereocenters. The molecule has 17 heavy (non-hydrogen) atoms. The van der Waals surface area contributed by atoms with E-state index in [1.807, 2.05) is 6.07 Å². The number of benzene rings is 1. The predicted octanol–water partition coefficient (Wildman–Crippen LogP) is 1.64. The van der Waals surface area contributed by atoms with Crippen molar-refractivity contribution in [2.45, 2.75) is 18.9 Å². The van der Waals surface area contributed by atoms with Crippen LogP contribution in [0.15, 0.2) is 18.2 Å². The molecule has 0 radical (unpaired) electrons. The number of carbonyl (C=O) groups excluding carboxylic acids is 1. The summed E-state index contributed by atoms with van der Waals surface area (Å²) in [4.78, 5) is 12.4. The average molecular weight is 235 g/mol. The van der Waals surface area contributed by atoms with Gasteiger partial charge in [0, 0.05) is 0 Å². The molecule has 0 aromatic heterocycles. The third-order valence-electron chi connectivity index (χ3n) is 3.05. The first kappa shape index (κ1) is 11.9. The van der Waals surface area contributed by atoms with Gasteiger partial charge in [0.15, 0.2) is 5.78 Å². The highest BCUT2D eigenvalue weighted by Gasteiger charge is 2.28. The highest BCUT2D eigenvalue weighted by molar-refractivity contribution is 6.04. The highest BCUT2D eigenvalue weighted by Crippen LogP contribution is 2.30. The zero-order valence-electron chi connectivity index (χ0n) is 10.2. The Labute approximate surface area is 101 Å². The van der Waals surface area contributed by atoms with Crippen molar-refractivity contribution in [2.75, 3.05) is 20.8 Å². The molecule has 1 saturated heterocycles. The summed E-state index contributed by atoms with van der Waals surface area (Å²) in [7, 11) is 3.13. The molecule has 0 spiro atoms. The van der Waals surface area contributed by atoms with Crippen molar-refractivity contribution >= 4 is 5.78 Å². The molecule has 1 N–H and O–H groups in total. The van der Waals surface area contributed by atoms with E-state index in [0.29, 0.717) is 17.1 Å². The van der Waals surface area contributed by atoms with Crippen LogP contribution in [0.5, 0.6) is 11.5 Å². The quantitative estimate of drug-likeness (QED) is 0.806. The predicted molar refractivity (Wildman–Crippen MR) is 64.9 cm³/mol. The van der Waals surface area contributed by atoms with Crippen molar-refractivity contribution in [3.05, 3.63) is 23.8 Å². The molecule has 4 nitrogen and oxygen atoms in total. The summed E-state index contributed by atoms with van der Waals surface area (Å²) >= 11 is 0. The van der Waals surface area contributed by atoms with Gasteiger partial charge in [-0.15, -0.1) is 0 Å². The van der Waals surface area contributed by atoms with Crippen LogP contribution in [0, 0.1) is 0 Å². The van der Waals surface area contributed by atoms with Crippen LogP contribution in [0.1, 0.15) is 23.2 Å². The molecule has 1 fully saturated rings. The van der Waals surface area contributed by atoms with Crippen molar-refractivity contribution in [3.63, 3.8) is 0 Å². The molecule has 92 valence electrons. The van der Waals surface area contributed by atoms with Crippen LogP contribution >= 0.6 is 0 Å². The zero-order chi connectivity index (χ0) is 12.3. The van der Waals surface area contributed by atoms with E-state index in [1.54, 1.807) is 26.4 Å². The minimum absolute atomic E-state index is 0.0526. The Morgan fingerprint density at radius 1 is 1.29 bits per heavy atom. The molecule has 0 saturated carbocycles. The van der Waals surface area contributed by atoms with E-state index in [1.165, 1.54) is 0 Å². The van der Waals surface area contributed by atoms with Crippen LogP contribution in [0.4, 0.5) is 0 Å². The third kappa shape index (κ3) is 2.26. The first-order chi connectivity index (χ1) is 8.27. The Morgan fingerprint density at radius 3 is 2.41 bits per heavy atom. The smallest absolute Gasteiger partial charge is 0.187 e. The summed E-state index contributed by atoms with van der Waals surface area (Å²) in [6, 6.07) is 5.27. The fourth-order valence-electron chi connectivity index (χ4n) is 2.18. The summed E-state index contributed by atoms with van der Waals surface area (Å²) in [6.07, 6.45) is 1.91. The maximum absolute atomic E-state index is 12.4. The highest BCUT2D eigenvalue weighted by atomic mass is 16.5. The number of hydrogen-bond acceptors (Lipinski definition) is 4. The summed E-state index contributed by atoms with van der Waals surface area (Å²) in [6.45, 7) is 0.897. The standard InChI is InChI=1S/C13H17NO3/c1-16-10-6-3-7-11(17-2)12(10)13(15)9-5-4-8-14-9/h3,6-7,9,14H,4-5,8H2,1-2H3. The Balaban J connectivity index is 2.37. The van der Waals surface area contributed by atoms with E-state index >= 15 is 0 Å². The summed E-state index contributed by atoms with van der Waals surface area (Å²) < 4.78 is 10.5. The number of carbonyl (C=O) groups is 1. The molecule has 1 aliphatic rings. The number of Topliss-reactive ketones (excluding diaryl/α,β-unsaturated/α-hetero) is 1. The van der Waals surface area contributed by atoms with E-state index < -0.39 is 0 Å². The van der Waals surface area contributed by atoms with E-state index in [2.05, 4.69) is 5.32 Å². The molecule has 0 bridgehead atoms. The summed E-state index contributed by atoms with van der Waals surface area (Å²) in [5, 5.41) is 3.20. The maximum atomic E-state index is 12.4. The molecule has 1 aromatic rings. The monoisotopic (exact) mass is 235 g/mol.